The summed E-state index contributed by atoms with van der Waals surface area (Å²) < 4.78 is 2.08. The smallest absolute Gasteiger partial charge is 0.0644 e. The third kappa shape index (κ3) is 3.35. The highest BCUT2D eigenvalue weighted by Gasteiger charge is 2.19. The number of aromatic nitrogens is 2. The highest BCUT2D eigenvalue weighted by Crippen LogP contribution is 2.25. The lowest BCUT2D eigenvalue weighted by Crippen LogP contribution is -2.23. The summed E-state index contributed by atoms with van der Waals surface area (Å²) >= 11 is 0. The molecule has 1 heterocycles. The van der Waals surface area contributed by atoms with Gasteiger partial charge in [-0.25, -0.2) is 0 Å². The van der Waals surface area contributed by atoms with Crippen molar-refractivity contribution in [2.24, 2.45) is 0 Å². The normalized spacial score (nSPS) is 14.2. The van der Waals surface area contributed by atoms with Gasteiger partial charge in [-0.2, -0.15) is 5.10 Å². The van der Waals surface area contributed by atoms with E-state index < -0.39 is 0 Å². The first-order valence-corrected chi connectivity index (χ1v) is 7.80. The van der Waals surface area contributed by atoms with Crippen molar-refractivity contribution in [1.29, 1.82) is 0 Å². The first-order chi connectivity index (χ1) is 9.93. The van der Waals surface area contributed by atoms with E-state index in [9.17, 15) is 0 Å². The van der Waals surface area contributed by atoms with Crippen molar-refractivity contribution in [2.45, 2.75) is 60.2 Å². The Morgan fingerprint density at radius 2 is 1.86 bits per heavy atom. The molecule has 1 N–H and O–H groups in total. The van der Waals surface area contributed by atoms with E-state index in [1.165, 1.54) is 22.4 Å². The number of rotatable bonds is 5. The van der Waals surface area contributed by atoms with Gasteiger partial charge in [-0.3, -0.25) is 4.68 Å². The van der Waals surface area contributed by atoms with Crippen LogP contribution in [0.1, 0.15) is 60.9 Å². The van der Waals surface area contributed by atoms with Gasteiger partial charge in [0.25, 0.3) is 0 Å². The van der Waals surface area contributed by atoms with E-state index in [0.717, 1.165) is 12.2 Å². The molecule has 2 rings (SSSR count). The van der Waals surface area contributed by atoms with Crippen LogP contribution in [0.3, 0.4) is 0 Å². The lowest BCUT2D eigenvalue weighted by Gasteiger charge is -2.21. The van der Waals surface area contributed by atoms with Crippen LogP contribution in [0.25, 0.3) is 0 Å². The highest BCUT2D eigenvalue weighted by molar-refractivity contribution is 5.29. The van der Waals surface area contributed by atoms with Gasteiger partial charge in [-0.05, 0) is 47.1 Å². The predicted molar refractivity (Wildman–Crippen MR) is 88.5 cm³/mol. The molecule has 0 aliphatic heterocycles. The Balaban J connectivity index is 2.18. The molecular formula is C18H27N3. The fourth-order valence-electron chi connectivity index (χ4n) is 3.14. The summed E-state index contributed by atoms with van der Waals surface area (Å²) in [6.07, 6.45) is 0. The molecule has 0 saturated heterocycles. The number of benzene rings is 1. The van der Waals surface area contributed by atoms with Gasteiger partial charge in [0.05, 0.1) is 5.69 Å². The Morgan fingerprint density at radius 3 is 2.43 bits per heavy atom. The Morgan fingerprint density at radius 1 is 1.14 bits per heavy atom. The molecule has 2 aromatic rings. The third-order valence-corrected chi connectivity index (χ3v) is 4.21. The minimum Gasteiger partial charge on any atom is -0.304 e. The monoisotopic (exact) mass is 285 g/mol. The molecule has 2 atom stereocenters. The highest BCUT2D eigenvalue weighted by atomic mass is 15.3. The molecule has 0 saturated carbocycles. The fourth-order valence-corrected chi connectivity index (χ4v) is 3.14. The summed E-state index contributed by atoms with van der Waals surface area (Å²) in [4.78, 5) is 0. The predicted octanol–water partition coefficient (Wildman–Crippen LogP) is 4.24. The molecule has 3 heteroatoms. The van der Waals surface area contributed by atoms with Crippen molar-refractivity contribution in [2.75, 3.05) is 0 Å². The average molecular weight is 285 g/mol. The number of hydrogen-bond acceptors (Lipinski definition) is 2. The van der Waals surface area contributed by atoms with Crippen LogP contribution >= 0.6 is 0 Å². The van der Waals surface area contributed by atoms with E-state index in [1.54, 1.807) is 0 Å². The van der Waals surface area contributed by atoms with E-state index in [2.05, 4.69) is 80.9 Å². The first-order valence-electron chi connectivity index (χ1n) is 7.80. The first kappa shape index (κ1) is 15.8. The Bertz CT molecular complexity index is 613. The molecule has 0 radical (unpaired) electrons. The van der Waals surface area contributed by atoms with Crippen molar-refractivity contribution >= 4 is 0 Å². The van der Waals surface area contributed by atoms with E-state index >= 15 is 0 Å². The van der Waals surface area contributed by atoms with Crippen LogP contribution < -0.4 is 5.32 Å². The standard InChI is InChI=1S/C18H27N3/c1-7-21-16(6)18(15(5)20-21)14(4)19-13(3)17-10-8-9-12(2)11-17/h8-11,13-14,19H,7H2,1-6H3/t13-,14?/m0/s1. The quantitative estimate of drug-likeness (QED) is 0.890. The van der Waals surface area contributed by atoms with Crippen molar-refractivity contribution in [3.8, 4) is 0 Å². The minimum absolute atomic E-state index is 0.292. The Labute approximate surface area is 128 Å². The molecule has 0 aliphatic carbocycles. The third-order valence-electron chi connectivity index (χ3n) is 4.21. The zero-order valence-electron chi connectivity index (χ0n) is 14.1. The molecule has 114 valence electrons. The summed E-state index contributed by atoms with van der Waals surface area (Å²) in [5, 5.41) is 8.33. The number of aryl methyl sites for hydroxylation is 3. The summed E-state index contributed by atoms with van der Waals surface area (Å²) in [6, 6.07) is 9.31. The molecule has 0 bridgehead atoms. The van der Waals surface area contributed by atoms with Crippen LogP contribution in [0.15, 0.2) is 24.3 Å². The zero-order chi connectivity index (χ0) is 15.6. The van der Waals surface area contributed by atoms with Gasteiger partial charge in [0, 0.05) is 29.9 Å². The maximum atomic E-state index is 4.62. The molecule has 0 spiro atoms. The molecular weight excluding hydrogens is 258 g/mol. The maximum absolute atomic E-state index is 4.62. The van der Waals surface area contributed by atoms with Gasteiger partial charge in [-0.15, -0.1) is 0 Å². The van der Waals surface area contributed by atoms with Gasteiger partial charge in [0.15, 0.2) is 0 Å². The summed E-state index contributed by atoms with van der Waals surface area (Å²) in [5.41, 5.74) is 6.37. The zero-order valence-corrected chi connectivity index (χ0v) is 14.1. The fraction of sp³-hybridized carbons (Fsp3) is 0.500. The number of nitrogens with zero attached hydrogens (tertiary/aromatic N) is 2. The molecule has 0 aliphatic rings. The number of hydrogen-bond donors (Lipinski definition) is 1. The van der Waals surface area contributed by atoms with Crippen molar-refractivity contribution in [3.05, 3.63) is 52.3 Å². The summed E-state index contributed by atoms with van der Waals surface area (Å²) in [6.45, 7) is 13.9. The van der Waals surface area contributed by atoms with Gasteiger partial charge in [-0.1, -0.05) is 29.8 Å². The van der Waals surface area contributed by atoms with E-state index in [4.69, 9.17) is 0 Å². The molecule has 21 heavy (non-hydrogen) atoms. The number of nitrogens with one attached hydrogen (secondary N) is 1. The second-order valence-electron chi connectivity index (χ2n) is 5.92. The van der Waals surface area contributed by atoms with E-state index in [1.807, 2.05) is 0 Å². The Hall–Kier alpha value is -1.61. The van der Waals surface area contributed by atoms with Crippen LogP contribution in [0, 0.1) is 20.8 Å². The van der Waals surface area contributed by atoms with E-state index in [-0.39, 0.29) is 0 Å². The van der Waals surface area contributed by atoms with Gasteiger partial charge < -0.3 is 5.32 Å². The SMILES string of the molecule is CCn1nc(C)c(C(C)N[C@@H](C)c2cccc(C)c2)c1C. The van der Waals surface area contributed by atoms with Crippen molar-refractivity contribution < 1.29 is 0 Å². The maximum Gasteiger partial charge on any atom is 0.0644 e. The second-order valence-corrected chi connectivity index (χ2v) is 5.92. The molecule has 1 unspecified atom stereocenters. The average Bonchev–Trinajstić information content (AvgIpc) is 2.73. The minimum atomic E-state index is 0.292. The Kier molecular flexibility index (Phi) is 4.84. The lowest BCUT2D eigenvalue weighted by atomic mass is 10.0. The molecule has 0 fully saturated rings. The van der Waals surface area contributed by atoms with Crippen LogP contribution in [-0.4, -0.2) is 9.78 Å². The van der Waals surface area contributed by atoms with Crippen LogP contribution in [-0.2, 0) is 6.54 Å². The van der Waals surface area contributed by atoms with Gasteiger partial charge >= 0.3 is 0 Å². The van der Waals surface area contributed by atoms with Gasteiger partial charge in [0.2, 0.25) is 0 Å². The second kappa shape index (κ2) is 6.44. The molecule has 1 aromatic heterocycles. The van der Waals surface area contributed by atoms with Crippen LogP contribution in [0.2, 0.25) is 0 Å². The van der Waals surface area contributed by atoms with Crippen LogP contribution in [0.4, 0.5) is 0 Å². The summed E-state index contributed by atoms with van der Waals surface area (Å²) in [7, 11) is 0. The van der Waals surface area contributed by atoms with Gasteiger partial charge in [0.1, 0.15) is 0 Å². The summed E-state index contributed by atoms with van der Waals surface area (Å²) in [5.74, 6) is 0. The molecule has 1 aromatic carbocycles. The topological polar surface area (TPSA) is 29.9 Å². The van der Waals surface area contributed by atoms with E-state index in [0.29, 0.717) is 12.1 Å². The molecule has 3 nitrogen and oxygen atoms in total. The molecule has 0 amide bonds. The van der Waals surface area contributed by atoms with Crippen molar-refractivity contribution in [3.63, 3.8) is 0 Å². The largest absolute Gasteiger partial charge is 0.304 e. The van der Waals surface area contributed by atoms with Crippen LogP contribution in [0.5, 0.6) is 0 Å². The lowest BCUT2D eigenvalue weighted by molar-refractivity contribution is 0.490. The van der Waals surface area contributed by atoms with Crippen molar-refractivity contribution in [1.82, 2.24) is 15.1 Å².